The van der Waals surface area contributed by atoms with Crippen LogP contribution in [0.1, 0.15) is 13.8 Å². The van der Waals surface area contributed by atoms with E-state index in [0.717, 1.165) is 5.82 Å². The lowest BCUT2D eigenvalue weighted by molar-refractivity contribution is 0.263. The van der Waals surface area contributed by atoms with Crippen LogP contribution in [0.15, 0.2) is 12.1 Å². The van der Waals surface area contributed by atoms with Gasteiger partial charge in [0.05, 0.1) is 18.9 Å². The number of hydrogen-bond acceptors (Lipinski definition) is 5. The molecule has 0 aliphatic heterocycles. The number of aliphatic hydroxyl groups is 1. The van der Waals surface area contributed by atoms with Gasteiger partial charge in [0.1, 0.15) is 5.82 Å². The molecule has 0 aromatic carbocycles. The summed E-state index contributed by atoms with van der Waals surface area (Å²) in [5, 5.41) is 8.87. The summed E-state index contributed by atoms with van der Waals surface area (Å²) in [6.07, 6.45) is 0. The average Bonchev–Trinajstić information content (AvgIpc) is 2.28. The van der Waals surface area contributed by atoms with Crippen molar-refractivity contribution < 1.29 is 9.84 Å². The minimum Gasteiger partial charge on any atom is -0.476 e. The summed E-state index contributed by atoms with van der Waals surface area (Å²) in [5.74, 6) is 1.63. The number of anilines is 2. The Balaban J connectivity index is 2.78. The molecule has 0 saturated carbocycles. The van der Waals surface area contributed by atoms with Gasteiger partial charge in [0.25, 0.3) is 0 Å². The molecule has 1 aromatic heterocycles. The largest absolute Gasteiger partial charge is 0.476 e. The first-order valence-corrected chi connectivity index (χ1v) is 5.76. The minimum absolute atomic E-state index is 0.0880. The normalized spacial score (nSPS) is 10.6. The molecule has 0 aliphatic carbocycles. The maximum absolute atomic E-state index is 8.87. The lowest BCUT2D eigenvalue weighted by atomic mass is 10.2. The second-order valence-electron chi connectivity index (χ2n) is 4.41. The van der Waals surface area contributed by atoms with Crippen molar-refractivity contribution in [2.75, 3.05) is 37.4 Å². The van der Waals surface area contributed by atoms with E-state index in [0.29, 0.717) is 30.6 Å². The second kappa shape index (κ2) is 6.30. The summed E-state index contributed by atoms with van der Waals surface area (Å²) in [6, 6.07) is 3.58. The van der Waals surface area contributed by atoms with Crippen molar-refractivity contribution in [2.24, 2.45) is 5.92 Å². The quantitative estimate of drug-likeness (QED) is 0.778. The Morgan fingerprint density at radius 1 is 1.47 bits per heavy atom. The molecule has 0 fully saturated rings. The number of nitrogens with zero attached hydrogens (tertiary/aromatic N) is 2. The lowest BCUT2D eigenvalue weighted by Gasteiger charge is -2.18. The first-order valence-electron chi connectivity index (χ1n) is 5.76. The molecule has 0 saturated heterocycles. The average molecular weight is 239 g/mol. The Bertz CT molecular complexity index is 356. The van der Waals surface area contributed by atoms with Crippen LogP contribution in [0.5, 0.6) is 5.88 Å². The number of rotatable bonds is 6. The first kappa shape index (κ1) is 13.6. The van der Waals surface area contributed by atoms with Gasteiger partial charge in [-0.25, -0.2) is 0 Å². The summed E-state index contributed by atoms with van der Waals surface area (Å²) in [6.45, 7) is 5.34. The number of hydrogen-bond donors (Lipinski definition) is 2. The van der Waals surface area contributed by atoms with Gasteiger partial charge in [-0.2, -0.15) is 4.98 Å². The molecule has 1 aromatic rings. The van der Waals surface area contributed by atoms with Crippen LogP contribution in [0.4, 0.5) is 11.5 Å². The molecule has 0 unspecified atom stereocenters. The third kappa shape index (κ3) is 4.11. The summed E-state index contributed by atoms with van der Waals surface area (Å²) >= 11 is 0. The highest BCUT2D eigenvalue weighted by Gasteiger charge is 2.08. The number of ether oxygens (including phenoxy) is 1. The zero-order valence-corrected chi connectivity index (χ0v) is 10.7. The van der Waals surface area contributed by atoms with Gasteiger partial charge >= 0.3 is 0 Å². The molecule has 0 bridgehead atoms. The topological polar surface area (TPSA) is 71.6 Å². The van der Waals surface area contributed by atoms with Crippen molar-refractivity contribution in [2.45, 2.75) is 13.8 Å². The Morgan fingerprint density at radius 3 is 2.76 bits per heavy atom. The first-order chi connectivity index (χ1) is 8.04. The number of aromatic nitrogens is 1. The Morgan fingerprint density at radius 2 is 2.18 bits per heavy atom. The van der Waals surface area contributed by atoms with Crippen LogP contribution in [0.2, 0.25) is 0 Å². The Labute approximate surface area is 102 Å². The lowest BCUT2D eigenvalue weighted by Crippen LogP contribution is -2.22. The van der Waals surface area contributed by atoms with Gasteiger partial charge in [-0.15, -0.1) is 0 Å². The number of nitrogen functional groups attached to an aromatic ring is 1. The SMILES string of the molecule is CC(C)COc1nc(N(C)CCO)ccc1N. The fourth-order valence-corrected chi connectivity index (χ4v) is 1.28. The van der Waals surface area contributed by atoms with Gasteiger partial charge in [0, 0.05) is 13.6 Å². The van der Waals surface area contributed by atoms with Crippen LogP contribution in [-0.2, 0) is 0 Å². The van der Waals surface area contributed by atoms with Crippen LogP contribution >= 0.6 is 0 Å². The fourth-order valence-electron chi connectivity index (χ4n) is 1.28. The smallest absolute Gasteiger partial charge is 0.239 e. The molecule has 0 aliphatic rings. The number of nitrogens with two attached hydrogens (primary N) is 1. The molecular weight excluding hydrogens is 218 g/mol. The highest BCUT2D eigenvalue weighted by molar-refractivity contribution is 5.54. The molecule has 1 heterocycles. The molecule has 3 N–H and O–H groups in total. The molecule has 0 radical (unpaired) electrons. The fraction of sp³-hybridized carbons (Fsp3) is 0.583. The van der Waals surface area contributed by atoms with Crippen molar-refractivity contribution >= 4 is 11.5 Å². The number of likely N-dealkylation sites (N-methyl/N-ethyl adjacent to an activating group) is 1. The van der Waals surface area contributed by atoms with E-state index in [1.54, 1.807) is 6.07 Å². The third-order valence-corrected chi connectivity index (χ3v) is 2.25. The molecule has 96 valence electrons. The molecule has 5 heteroatoms. The van der Waals surface area contributed by atoms with Gasteiger partial charge < -0.3 is 20.5 Å². The third-order valence-electron chi connectivity index (χ3n) is 2.25. The molecule has 0 atom stereocenters. The van der Waals surface area contributed by atoms with Gasteiger partial charge in [-0.3, -0.25) is 0 Å². The highest BCUT2D eigenvalue weighted by Crippen LogP contribution is 2.22. The van der Waals surface area contributed by atoms with E-state index < -0.39 is 0 Å². The van der Waals surface area contributed by atoms with E-state index in [-0.39, 0.29) is 6.61 Å². The predicted molar refractivity (Wildman–Crippen MR) is 69.3 cm³/mol. The Kier molecular flexibility index (Phi) is 5.03. The molecule has 0 spiro atoms. The summed E-state index contributed by atoms with van der Waals surface area (Å²) < 4.78 is 5.54. The van der Waals surface area contributed by atoms with E-state index in [1.165, 1.54) is 0 Å². The monoisotopic (exact) mass is 239 g/mol. The zero-order chi connectivity index (χ0) is 12.8. The second-order valence-corrected chi connectivity index (χ2v) is 4.41. The van der Waals surface area contributed by atoms with Crippen LogP contribution in [0, 0.1) is 5.92 Å². The summed E-state index contributed by atoms with van der Waals surface area (Å²) in [7, 11) is 1.86. The Hall–Kier alpha value is -1.49. The summed E-state index contributed by atoms with van der Waals surface area (Å²) in [4.78, 5) is 6.18. The summed E-state index contributed by atoms with van der Waals surface area (Å²) in [5.41, 5.74) is 6.33. The van der Waals surface area contributed by atoms with E-state index in [2.05, 4.69) is 18.8 Å². The van der Waals surface area contributed by atoms with E-state index in [1.807, 2.05) is 18.0 Å². The van der Waals surface area contributed by atoms with Crippen molar-refractivity contribution in [3.63, 3.8) is 0 Å². The van der Waals surface area contributed by atoms with E-state index in [9.17, 15) is 0 Å². The standard InChI is InChI=1S/C12H21N3O2/c1-9(2)8-17-12-10(13)4-5-11(14-12)15(3)6-7-16/h4-5,9,16H,6-8,13H2,1-3H3. The van der Waals surface area contributed by atoms with Gasteiger partial charge in [-0.1, -0.05) is 13.8 Å². The number of aliphatic hydroxyl groups excluding tert-OH is 1. The van der Waals surface area contributed by atoms with Gasteiger partial charge in [-0.05, 0) is 18.1 Å². The van der Waals surface area contributed by atoms with E-state index in [4.69, 9.17) is 15.6 Å². The van der Waals surface area contributed by atoms with Crippen LogP contribution < -0.4 is 15.4 Å². The molecular formula is C12H21N3O2. The van der Waals surface area contributed by atoms with Crippen molar-refractivity contribution in [1.82, 2.24) is 4.98 Å². The van der Waals surface area contributed by atoms with Crippen LogP contribution in [-0.4, -0.2) is 36.9 Å². The van der Waals surface area contributed by atoms with Crippen molar-refractivity contribution in [1.29, 1.82) is 0 Å². The predicted octanol–water partition coefficient (Wildman–Crippen LogP) is 1.13. The highest BCUT2D eigenvalue weighted by atomic mass is 16.5. The molecule has 1 rings (SSSR count). The van der Waals surface area contributed by atoms with Crippen molar-refractivity contribution in [3.05, 3.63) is 12.1 Å². The number of pyridine rings is 1. The van der Waals surface area contributed by atoms with Crippen molar-refractivity contribution in [3.8, 4) is 5.88 Å². The van der Waals surface area contributed by atoms with Crippen LogP contribution in [0.3, 0.4) is 0 Å². The molecule has 0 amide bonds. The minimum atomic E-state index is 0.0880. The van der Waals surface area contributed by atoms with Crippen LogP contribution in [0.25, 0.3) is 0 Å². The van der Waals surface area contributed by atoms with Gasteiger partial charge in [0.15, 0.2) is 0 Å². The van der Waals surface area contributed by atoms with E-state index >= 15 is 0 Å². The maximum atomic E-state index is 8.87. The molecule has 5 nitrogen and oxygen atoms in total. The molecule has 17 heavy (non-hydrogen) atoms. The zero-order valence-electron chi connectivity index (χ0n) is 10.7. The van der Waals surface area contributed by atoms with Gasteiger partial charge in [0.2, 0.25) is 5.88 Å². The maximum Gasteiger partial charge on any atom is 0.239 e.